The summed E-state index contributed by atoms with van der Waals surface area (Å²) in [4.78, 5) is 11.0. The van der Waals surface area contributed by atoms with E-state index in [9.17, 15) is 0 Å². The molecule has 0 aliphatic carbocycles. The summed E-state index contributed by atoms with van der Waals surface area (Å²) >= 11 is 0. The molecule has 0 radical (unpaired) electrons. The molecule has 0 saturated carbocycles. The summed E-state index contributed by atoms with van der Waals surface area (Å²) in [5.74, 6) is 2.55. The lowest BCUT2D eigenvalue weighted by molar-refractivity contribution is 0.410. The standard InChI is InChI=1S/C17H24N4O/c1-4-21(5-2)17-19-13-11-16(20-17)18-12-10-14-8-6-7-9-15(14)22-3/h6-9,11,13H,4-5,10,12H2,1-3H3,(H,18,19,20). The van der Waals surface area contributed by atoms with E-state index in [4.69, 9.17) is 4.74 Å². The number of methoxy groups -OCH3 is 1. The molecule has 1 aromatic carbocycles. The van der Waals surface area contributed by atoms with E-state index in [1.54, 1.807) is 13.3 Å². The Morgan fingerprint density at radius 3 is 2.64 bits per heavy atom. The Kier molecular flexibility index (Phi) is 6.01. The lowest BCUT2D eigenvalue weighted by Crippen LogP contribution is -2.24. The highest BCUT2D eigenvalue weighted by atomic mass is 16.5. The number of nitrogens with one attached hydrogen (secondary N) is 1. The Balaban J connectivity index is 1.96. The molecule has 5 nitrogen and oxygen atoms in total. The van der Waals surface area contributed by atoms with Crippen molar-refractivity contribution in [1.29, 1.82) is 0 Å². The summed E-state index contributed by atoms with van der Waals surface area (Å²) < 4.78 is 5.37. The lowest BCUT2D eigenvalue weighted by atomic mass is 10.1. The molecule has 0 fully saturated rings. The van der Waals surface area contributed by atoms with Gasteiger partial charge in [-0.25, -0.2) is 4.98 Å². The summed E-state index contributed by atoms with van der Waals surface area (Å²) in [6, 6.07) is 9.98. The first-order valence-electron chi connectivity index (χ1n) is 7.72. The van der Waals surface area contributed by atoms with E-state index in [0.29, 0.717) is 0 Å². The van der Waals surface area contributed by atoms with Gasteiger partial charge >= 0.3 is 0 Å². The predicted molar refractivity (Wildman–Crippen MR) is 90.8 cm³/mol. The average Bonchev–Trinajstić information content (AvgIpc) is 2.57. The first kappa shape index (κ1) is 16.1. The Hall–Kier alpha value is -2.30. The number of ether oxygens (including phenoxy) is 1. The molecule has 0 spiro atoms. The van der Waals surface area contributed by atoms with Gasteiger partial charge in [0.15, 0.2) is 0 Å². The van der Waals surface area contributed by atoms with E-state index in [0.717, 1.165) is 43.6 Å². The maximum Gasteiger partial charge on any atom is 0.227 e. The molecule has 0 aliphatic rings. The van der Waals surface area contributed by atoms with Crippen LogP contribution < -0.4 is 15.0 Å². The fourth-order valence-electron chi connectivity index (χ4n) is 2.34. The molecule has 0 unspecified atom stereocenters. The molecule has 1 aromatic heterocycles. The van der Waals surface area contributed by atoms with Gasteiger partial charge in [-0.05, 0) is 38.0 Å². The number of para-hydroxylation sites is 1. The third kappa shape index (κ3) is 4.10. The Morgan fingerprint density at radius 1 is 1.14 bits per heavy atom. The summed E-state index contributed by atoms with van der Waals surface area (Å²) in [5, 5.41) is 3.35. The van der Waals surface area contributed by atoms with Crippen molar-refractivity contribution in [2.24, 2.45) is 0 Å². The first-order chi connectivity index (χ1) is 10.8. The molecular weight excluding hydrogens is 276 g/mol. The smallest absolute Gasteiger partial charge is 0.227 e. The van der Waals surface area contributed by atoms with Gasteiger partial charge in [-0.2, -0.15) is 4.98 Å². The van der Waals surface area contributed by atoms with E-state index >= 15 is 0 Å². The van der Waals surface area contributed by atoms with Crippen LogP contribution in [0.1, 0.15) is 19.4 Å². The zero-order chi connectivity index (χ0) is 15.8. The molecule has 1 N–H and O–H groups in total. The SMILES string of the molecule is CCN(CC)c1nccc(NCCc2ccccc2OC)n1. The van der Waals surface area contributed by atoms with Gasteiger partial charge < -0.3 is 15.0 Å². The maximum atomic E-state index is 5.37. The van der Waals surface area contributed by atoms with Gasteiger partial charge in [-0.15, -0.1) is 0 Å². The second-order valence-electron chi connectivity index (χ2n) is 4.90. The second-order valence-corrected chi connectivity index (χ2v) is 4.90. The van der Waals surface area contributed by atoms with Gasteiger partial charge in [0.2, 0.25) is 5.95 Å². The average molecular weight is 300 g/mol. The topological polar surface area (TPSA) is 50.3 Å². The van der Waals surface area contributed by atoms with Crippen molar-refractivity contribution in [1.82, 2.24) is 9.97 Å². The van der Waals surface area contributed by atoms with Crippen molar-refractivity contribution >= 4 is 11.8 Å². The minimum absolute atomic E-state index is 0.771. The van der Waals surface area contributed by atoms with Crippen LogP contribution in [0, 0.1) is 0 Å². The minimum Gasteiger partial charge on any atom is -0.496 e. The predicted octanol–water partition coefficient (Wildman–Crippen LogP) is 2.99. The van der Waals surface area contributed by atoms with Crippen LogP contribution in [0.5, 0.6) is 5.75 Å². The Labute approximate surface area is 132 Å². The van der Waals surface area contributed by atoms with Gasteiger partial charge in [0, 0.05) is 25.8 Å². The van der Waals surface area contributed by atoms with Crippen molar-refractivity contribution < 1.29 is 4.74 Å². The molecule has 5 heteroatoms. The zero-order valence-electron chi connectivity index (χ0n) is 13.5. The molecule has 2 aromatic rings. The largest absolute Gasteiger partial charge is 0.496 e. The van der Waals surface area contributed by atoms with Crippen LogP contribution in [0.4, 0.5) is 11.8 Å². The van der Waals surface area contributed by atoms with Gasteiger partial charge in [0.25, 0.3) is 0 Å². The molecule has 22 heavy (non-hydrogen) atoms. The monoisotopic (exact) mass is 300 g/mol. The number of hydrogen-bond acceptors (Lipinski definition) is 5. The van der Waals surface area contributed by atoms with E-state index in [-0.39, 0.29) is 0 Å². The first-order valence-corrected chi connectivity index (χ1v) is 7.72. The van der Waals surface area contributed by atoms with Gasteiger partial charge in [0.1, 0.15) is 11.6 Å². The minimum atomic E-state index is 0.771. The molecule has 0 atom stereocenters. The summed E-state index contributed by atoms with van der Waals surface area (Å²) in [5.41, 5.74) is 1.19. The zero-order valence-corrected chi connectivity index (χ0v) is 13.5. The molecule has 2 rings (SSSR count). The molecule has 0 amide bonds. The Bertz CT molecular complexity index is 584. The summed E-state index contributed by atoms with van der Waals surface area (Å²) in [7, 11) is 1.70. The van der Waals surface area contributed by atoms with Crippen LogP contribution in [0.3, 0.4) is 0 Å². The van der Waals surface area contributed by atoms with E-state index in [1.165, 1.54) is 5.56 Å². The van der Waals surface area contributed by atoms with Gasteiger partial charge in [-0.1, -0.05) is 18.2 Å². The highest BCUT2D eigenvalue weighted by molar-refractivity contribution is 5.41. The van der Waals surface area contributed by atoms with Crippen LogP contribution >= 0.6 is 0 Å². The van der Waals surface area contributed by atoms with Crippen molar-refractivity contribution in [3.63, 3.8) is 0 Å². The summed E-state index contributed by atoms with van der Waals surface area (Å²) in [6.07, 6.45) is 2.68. The second kappa shape index (κ2) is 8.22. The van der Waals surface area contributed by atoms with Crippen LogP contribution in [0.25, 0.3) is 0 Å². The number of rotatable bonds is 8. The lowest BCUT2D eigenvalue weighted by Gasteiger charge is -2.18. The molecule has 0 aliphatic heterocycles. The fraction of sp³-hybridized carbons (Fsp3) is 0.412. The molecule has 0 saturated heterocycles. The van der Waals surface area contributed by atoms with Crippen LogP contribution in [0.2, 0.25) is 0 Å². The highest BCUT2D eigenvalue weighted by Crippen LogP contribution is 2.18. The quantitative estimate of drug-likeness (QED) is 0.812. The number of anilines is 2. The van der Waals surface area contributed by atoms with Crippen molar-refractivity contribution in [2.45, 2.75) is 20.3 Å². The number of nitrogens with zero attached hydrogens (tertiary/aromatic N) is 3. The Morgan fingerprint density at radius 2 is 1.91 bits per heavy atom. The van der Waals surface area contributed by atoms with Crippen molar-refractivity contribution in [3.05, 3.63) is 42.1 Å². The van der Waals surface area contributed by atoms with Crippen LogP contribution in [0.15, 0.2) is 36.5 Å². The third-order valence-corrected chi connectivity index (χ3v) is 3.58. The van der Waals surface area contributed by atoms with E-state index in [2.05, 4.69) is 40.1 Å². The molecule has 118 valence electrons. The molecule has 1 heterocycles. The van der Waals surface area contributed by atoms with Gasteiger partial charge in [0.05, 0.1) is 7.11 Å². The van der Waals surface area contributed by atoms with Crippen LogP contribution in [-0.2, 0) is 6.42 Å². The summed E-state index contributed by atoms with van der Waals surface area (Å²) in [6.45, 7) is 6.82. The number of aromatic nitrogens is 2. The normalized spacial score (nSPS) is 10.3. The fourth-order valence-corrected chi connectivity index (χ4v) is 2.34. The maximum absolute atomic E-state index is 5.37. The van der Waals surface area contributed by atoms with E-state index in [1.807, 2.05) is 24.3 Å². The van der Waals surface area contributed by atoms with Crippen molar-refractivity contribution in [2.75, 3.05) is 37.0 Å². The van der Waals surface area contributed by atoms with E-state index < -0.39 is 0 Å². The number of hydrogen-bond donors (Lipinski definition) is 1. The highest BCUT2D eigenvalue weighted by Gasteiger charge is 2.06. The van der Waals surface area contributed by atoms with Crippen LogP contribution in [-0.4, -0.2) is 36.7 Å². The van der Waals surface area contributed by atoms with Gasteiger partial charge in [-0.3, -0.25) is 0 Å². The number of benzene rings is 1. The third-order valence-electron chi connectivity index (χ3n) is 3.58. The molecular formula is C17H24N4O. The van der Waals surface area contributed by atoms with Crippen molar-refractivity contribution in [3.8, 4) is 5.75 Å². The molecule has 0 bridgehead atoms.